The molecule has 15 heavy (non-hydrogen) atoms. The molecule has 0 aliphatic heterocycles. The van der Waals surface area contributed by atoms with E-state index in [9.17, 15) is 4.79 Å². The van der Waals surface area contributed by atoms with Gasteiger partial charge in [-0.15, -0.1) is 0 Å². The number of rotatable bonds is 3. The Labute approximate surface area is 91.4 Å². The van der Waals surface area contributed by atoms with Crippen molar-refractivity contribution in [3.8, 4) is 0 Å². The van der Waals surface area contributed by atoms with E-state index in [2.05, 4.69) is 15.3 Å². The molecule has 0 radical (unpaired) electrons. The molecule has 0 unspecified atom stereocenters. The number of nitrogens with one attached hydrogen (secondary N) is 2. The second-order valence-electron chi connectivity index (χ2n) is 3.19. The molecule has 2 aromatic heterocycles. The van der Waals surface area contributed by atoms with Crippen LogP contribution in [0.1, 0.15) is 21.7 Å². The van der Waals surface area contributed by atoms with Crippen LogP contribution in [0.15, 0.2) is 23.2 Å². The maximum absolute atomic E-state index is 11.7. The van der Waals surface area contributed by atoms with Gasteiger partial charge in [-0.3, -0.25) is 4.79 Å². The quantitative estimate of drug-likeness (QED) is 0.829. The Bertz CT molecular complexity index is 447. The van der Waals surface area contributed by atoms with Gasteiger partial charge in [0.1, 0.15) is 5.82 Å². The zero-order valence-electron chi connectivity index (χ0n) is 8.28. The van der Waals surface area contributed by atoms with Gasteiger partial charge in [0.2, 0.25) is 0 Å². The van der Waals surface area contributed by atoms with Crippen molar-refractivity contribution < 1.29 is 4.79 Å². The molecule has 0 saturated heterocycles. The number of H-pyrrole nitrogens is 1. The number of imidazole rings is 1. The van der Waals surface area contributed by atoms with Crippen LogP contribution in [0.25, 0.3) is 0 Å². The van der Waals surface area contributed by atoms with Crippen LogP contribution >= 0.6 is 11.3 Å². The first-order valence-corrected chi connectivity index (χ1v) is 5.51. The molecule has 2 N–H and O–H groups in total. The monoisotopic (exact) mass is 221 g/mol. The molecule has 0 aliphatic rings. The van der Waals surface area contributed by atoms with Gasteiger partial charge in [0.05, 0.1) is 12.1 Å². The van der Waals surface area contributed by atoms with Gasteiger partial charge in [-0.1, -0.05) is 0 Å². The summed E-state index contributed by atoms with van der Waals surface area (Å²) in [6.07, 6.45) is 3.40. The fourth-order valence-corrected chi connectivity index (χ4v) is 2.08. The third-order valence-electron chi connectivity index (χ3n) is 2.07. The topological polar surface area (TPSA) is 57.8 Å². The van der Waals surface area contributed by atoms with Crippen LogP contribution in [0.5, 0.6) is 0 Å². The van der Waals surface area contributed by atoms with Gasteiger partial charge in [-0.2, -0.15) is 11.3 Å². The van der Waals surface area contributed by atoms with E-state index in [1.54, 1.807) is 12.4 Å². The van der Waals surface area contributed by atoms with Crippen LogP contribution in [-0.4, -0.2) is 15.9 Å². The normalized spacial score (nSPS) is 10.2. The van der Waals surface area contributed by atoms with Crippen molar-refractivity contribution in [2.45, 2.75) is 13.5 Å². The number of hydrogen-bond acceptors (Lipinski definition) is 3. The van der Waals surface area contributed by atoms with Gasteiger partial charge in [-0.25, -0.2) is 4.98 Å². The summed E-state index contributed by atoms with van der Waals surface area (Å²) in [4.78, 5) is 18.6. The molecular weight excluding hydrogens is 210 g/mol. The molecule has 2 aromatic rings. The van der Waals surface area contributed by atoms with E-state index in [0.29, 0.717) is 6.54 Å². The smallest absolute Gasteiger partial charge is 0.252 e. The molecule has 2 rings (SSSR count). The average molecular weight is 221 g/mol. The van der Waals surface area contributed by atoms with Gasteiger partial charge >= 0.3 is 0 Å². The molecule has 0 spiro atoms. The summed E-state index contributed by atoms with van der Waals surface area (Å²) in [5.41, 5.74) is 1.75. The average Bonchev–Trinajstić information content (AvgIpc) is 2.84. The Balaban J connectivity index is 1.96. The summed E-state index contributed by atoms with van der Waals surface area (Å²) in [5.74, 6) is 0.710. The van der Waals surface area contributed by atoms with Gasteiger partial charge in [-0.05, 0) is 17.9 Å². The first-order chi connectivity index (χ1) is 7.27. The third kappa shape index (κ3) is 2.24. The molecule has 0 bridgehead atoms. The van der Waals surface area contributed by atoms with Gasteiger partial charge < -0.3 is 10.3 Å². The van der Waals surface area contributed by atoms with E-state index in [1.807, 2.05) is 17.7 Å². The van der Waals surface area contributed by atoms with E-state index in [0.717, 1.165) is 17.0 Å². The van der Waals surface area contributed by atoms with Crippen LogP contribution in [0, 0.1) is 6.92 Å². The summed E-state index contributed by atoms with van der Waals surface area (Å²) in [6.45, 7) is 2.36. The summed E-state index contributed by atoms with van der Waals surface area (Å²) in [5, 5.41) is 6.62. The minimum atomic E-state index is -0.0508. The molecule has 0 saturated carbocycles. The summed E-state index contributed by atoms with van der Waals surface area (Å²) < 4.78 is 0. The molecule has 5 heteroatoms. The van der Waals surface area contributed by atoms with Crippen molar-refractivity contribution in [2.75, 3.05) is 0 Å². The molecule has 0 aromatic carbocycles. The molecule has 0 fully saturated rings. The molecule has 2 heterocycles. The predicted molar refractivity (Wildman–Crippen MR) is 58.8 cm³/mol. The number of amides is 1. The highest BCUT2D eigenvalue weighted by Gasteiger charge is 2.09. The Morgan fingerprint density at radius 1 is 1.60 bits per heavy atom. The van der Waals surface area contributed by atoms with Gasteiger partial charge in [0.25, 0.3) is 5.91 Å². The van der Waals surface area contributed by atoms with Crippen molar-refractivity contribution in [3.63, 3.8) is 0 Å². The summed E-state index contributed by atoms with van der Waals surface area (Å²) in [7, 11) is 0. The number of nitrogens with zero attached hydrogens (tertiary/aromatic N) is 1. The van der Waals surface area contributed by atoms with Gasteiger partial charge in [0, 0.05) is 17.8 Å². The lowest BCUT2D eigenvalue weighted by atomic mass is 10.2. The molecule has 0 aliphatic carbocycles. The van der Waals surface area contributed by atoms with Crippen molar-refractivity contribution >= 4 is 17.2 Å². The molecular formula is C10H11N3OS. The minimum Gasteiger partial charge on any atom is -0.347 e. The lowest BCUT2D eigenvalue weighted by Crippen LogP contribution is -2.23. The Hall–Kier alpha value is -1.62. The zero-order valence-corrected chi connectivity index (χ0v) is 9.10. The molecule has 78 valence electrons. The SMILES string of the molecule is Cc1cscc1C(=O)NCc1ncc[nH]1. The Morgan fingerprint density at radius 2 is 2.47 bits per heavy atom. The summed E-state index contributed by atoms with van der Waals surface area (Å²) in [6, 6.07) is 0. The van der Waals surface area contributed by atoms with E-state index >= 15 is 0 Å². The Kier molecular flexibility index (Phi) is 2.82. The van der Waals surface area contributed by atoms with Crippen molar-refractivity contribution in [3.05, 3.63) is 40.1 Å². The van der Waals surface area contributed by atoms with Crippen LogP contribution < -0.4 is 5.32 Å². The first-order valence-electron chi connectivity index (χ1n) is 4.56. The summed E-state index contributed by atoms with van der Waals surface area (Å²) >= 11 is 1.53. The predicted octanol–water partition coefficient (Wildman–Crippen LogP) is 1.71. The van der Waals surface area contributed by atoms with Crippen molar-refractivity contribution in [1.29, 1.82) is 0 Å². The second kappa shape index (κ2) is 4.27. The number of aromatic nitrogens is 2. The fourth-order valence-electron chi connectivity index (χ4n) is 1.25. The number of carbonyl (C=O) groups excluding carboxylic acids is 1. The third-order valence-corrected chi connectivity index (χ3v) is 2.93. The van der Waals surface area contributed by atoms with Crippen molar-refractivity contribution in [2.24, 2.45) is 0 Å². The lowest BCUT2D eigenvalue weighted by Gasteiger charge is -2.02. The molecule has 1 amide bonds. The highest BCUT2D eigenvalue weighted by Crippen LogP contribution is 2.13. The van der Waals surface area contributed by atoms with Crippen LogP contribution in [-0.2, 0) is 6.54 Å². The fraction of sp³-hybridized carbons (Fsp3) is 0.200. The van der Waals surface area contributed by atoms with Gasteiger partial charge in [0.15, 0.2) is 0 Å². The standard InChI is InChI=1S/C10H11N3OS/c1-7-5-15-6-8(7)10(14)13-4-9-11-2-3-12-9/h2-3,5-6H,4H2,1H3,(H,11,12)(H,13,14). The van der Waals surface area contributed by atoms with E-state index in [4.69, 9.17) is 0 Å². The maximum atomic E-state index is 11.7. The number of hydrogen-bond donors (Lipinski definition) is 2. The van der Waals surface area contributed by atoms with Crippen LogP contribution in [0.3, 0.4) is 0 Å². The van der Waals surface area contributed by atoms with E-state index in [-0.39, 0.29) is 5.91 Å². The molecule has 0 atom stereocenters. The number of thiophene rings is 1. The number of carbonyl (C=O) groups is 1. The molecule has 4 nitrogen and oxygen atoms in total. The van der Waals surface area contributed by atoms with Crippen LogP contribution in [0.4, 0.5) is 0 Å². The Morgan fingerprint density at radius 3 is 3.07 bits per heavy atom. The number of aryl methyl sites for hydroxylation is 1. The second-order valence-corrected chi connectivity index (χ2v) is 3.93. The minimum absolute atomic E-state index is 0.0508. The highest BCUT2D eigenvalue weighted by molar-refractivity contribution is 7.08. The van der Waals surface area contributed by atoms with Crippen molar-refractivity contribution in [1.82, 2.24) is 15.3 Å². The van der Waals surface area contributed by atoms with E-state index in [1.165, 1.54) is 11.3 Å². The largest absolute Gasteiger partial charge is 0.347 e. The lowest BCUT2D eigenvalue weighted by molar-refractivity contribution is 0.0950. The van der Waals surface area contributed by atoms with Crippen LogP contribution in [0.2, 0.25) is 0 Å². The first kappa shape index (κ1) is 9.92. The number of aromatic amines is 1. The highest BCUT2D eigenvalue weighted by atomic mass is 32.1. The maximum Gasteiger partial charge on any atom is 0.252 e. The zero-order chi connectivity index (χ0) is 10.7. The van der Waals surface area contributed by atoms with E-state index < -0.39 is 0 Å².